The highest BCUT2D eigenvalue weighted by molar-refractivity contribution is 5.91. The number of piperidine rings is 1. The van der Waals surface area contributed by atoms with Crippen molar-refractivity contribution in [3.8, 4) is 0 Å². The SMILES string of the molecule is C=CCN(CC=C)C(CNC(=O)c1cn(C2CCNCC2)nn1)C(C)C.Cl.Cl. The lowest BCUT2D eigenvalue weighted by Crippen LogP contribution is -2.47. The first-order valence-electron chi connectivity index (χ1n) is 9.43. The van der Waals surface area contributed by atoms with E-state index in [-0.39, 0.29) is 36.8 Å². The van der Waals surface area contributed by atoms with Crippen LogP contribution in [0.25, 0.3) is 0 Å². The first kappa shape index (κ1) is 26.6. The van der Waals surface area contributed by atoms with Crippen LogP contribution in [0.2, 0.25) is 0 Å². The van der Waals surface area contributed by atoms with Gasteiger partial charge in [-0.05, 0) is 31.8 Å². The number of carbonyl (C=O) groups is 1. The third kappa shape index (κ3) is 7.54. The van der Waals surface area contributed by atoms with Crippen molar-refractivity contribution in [3.05, 3.63) is 37.2 Å². The third-order valence-corrected chi connectivity index (χ3v) is 4.86. The molecule has 0 saturated carbocycles. The summed E-state index contributed by atoms with van der Waals surface area (Å²) in [7, 11) is 0. The molecule has 0 aromatic carbocycles. The summed E-state index contributed by atoms with van der Waals surface area (Å²) < 4.78 is 1.83. The number of aromatic nitrogens is 3. The molecule has 1 atom stereocenters. The Morgan fingerprint density at radius 2 is 1.93 bits per heavy atom. The van der Waals surface area contributed by atoms with Crippen LogP contribution >= 0.6 is 24.8 Å². The van der Waals surface area contributed by atoms with Crippen molar-refractivity contribution >= 4 is 30.7 Å². The van der Waals surface area contributed by atoms with Crippen molar-refractivity contribution in [2.24, 2.45) is 5.92 Å². The molecule has 1 aliphatic heterocycles. The molecule has 2 rings (SSSR count). The topological polar surface area (TPSA) is 75.1 Å². The van der Waals surface area contributed by atoms with E-state index in [1.807, 2.05) is 16.8 Å². The Morgan fingerprint density at radius 1 is 1.32 bits per heavy atom. The summed E-state index contributed by atoms with van der Waals surface area (Å²) in [6.45, 7) is 16.0. The van der Waals surface area contributed by atoms with Gasteiger partial charge in [0.15, 0.2) is 5.69 Å². The van der Waals surface area contributed by atoms with Gasteiger partial charge in [-0.1, -0.05) is 31.2 Å². The quantitative estimate of drug-likeness (QED) is 0.555. The number of amides is 1. The molecule has 1 saturated heterocycles. The van der Waals surface area contributed by atoms with Gasteiger partial charge in [-0.25, -0.2) is 4.68 Å². The second kappa shape index (κ2) is 13.7. The van der Waals surface area contributed by atoms with Gasteiger partial charge in [0.25, 0.3) is 5.91 Å². The van der Waals surface area contributed by atoms with Crippen LogP contribution in [0.5, 0.6) is 0 Å². The van der Waals surface area contributed by atoms with Crippen molar-refractivity contribution in [1.29, 1.82) is 0 Å². The van der Waals surface area contributed by atoms with Gasteiger partial charge in [0.05, 0.1) is 12.2 Å². The fourth-order valence-electron chi connectivity index (χ4n) is 3.38. The van der Waals surface area contributed by atoms with Gasteiger partial charge in [0.2, 0.25) is 0 Å². The maximum absolute atomic E-state index is 12.5. The highest BCUT2D eigenvalue weighted by Crippen LogP contribution is 2.17. The molecule has 0 bridgehead atoms. The fourth-order valence-corrected chi connectivity index (χ4v) is 3.38. The van der Waals surface area contributed by atoms with Crippen LogP contribution in [0, 0.1) is 5.92 Å². The Morgan fingerprint density at radius 3 is 2.46 bits per heavy atom. The van der Waals surface area contributed by atoms with Gasteiger partial charge in [-0.2, -0.15) is 0 Å². The first-order chi connectivity index (χ1) is 12.6. The minimum Gasteiger partial charge on any atom is -0.349 e. The molecule has 0 spiro atoms. The van der Waals surface area contributed by atoms with E-state index in [4.69, 9.17) is 0 Å². The van der Waals surface area contributed by atoms with E-state index >= 15 is 0 Å². The summed E-state index contributed by atoms with van der Waals surface area (Å²) in [5, 5.41) is 14.6. The van der Waals surface area contributed by atoms with E-state index in [9.17, 15) is 4.79 Å². The molecule has 1 aromatic rings. The second-order valence-corrected chi connectivity index (χ2v) is 7.12. The summed E-state index contributed by atoms with van der Waals surface area (Å²) in [6.07, 6.45) is 7.55. The lowest BCUT2D eigenvalue weighted by atomic mass is 10.0. The van der Waals surface area contributed by atoms with Gasteiger partial charge in [0, 0.05) is 25.7 Å². The average Bonchev–Trinajstić information content (AvgIpc) is 3.13. The zero-order chi connectivity index (χ0) is 18.9. The Labute approximate surface area is 180 Å². The average molecular weight is 433 g/mol. The number of carbonyl (C=O) groups excluding carboxylic acids is 1. The van der Waals surface area contributed by atoms with Crippen LogP contribution in [0.4, 0.5) is 0 Å². The molecule has 2 N–H and O–H groups in total. The van der Waals surface area contributed by atoms with Crippen LogP contribution in [-0.2, 0) is 0 Å². The highest BCUT2D eigenvalue weighted by Gasteiger charge is 2.23. The minimum atomic E-state index is -0.173. The number of nitrogens with zero attached hydrogens (tertiary/aromatic N) is 4. The number of rotatable bonds is 10. The maximum Gasteiger partial charge on any atom is 0.273 e. The molecule has 1 amide bonds. The van der Waals surface area contributed by atoms with E-state index in [0.717, 1.165) is 39.0 Å². The van der Waals surface area contributed by atoms with Crippen LogP contribution < -0.4 is 10.6 Å². The Kier molecular flexibility index (Phi) is 13.0. The summed E-state index contributed by atoms with van der Waals surface area (Å²) in [5.74, 6) is 0.216. The number of nitrogens with one attached hydrogen (secondary N) is 2. The lowest BCUT2D eigenvalue weighted by molar-refractivity contribution is 0.0922. The molecule has 160 valence electrons. The maximum atomic E-state index is 12.5. The van der Waals surface area contributed by atoms with E-state index < -0.39 is 0 Å². The molecule has 1 aliphatic rings. The summed E-state index contributed by atoms with van der Waals surface area (Å²) in [6, 6.07) is 0.527. The van der Waals surface area contributed by atoms with Gasteiger partial charge >= 0.3 is 0 Å². The fraction of sp³-hybridized carbons (Fsp3) is 0.632. The summed E-state index contributed by atoms with van der Waals surface area (Å²) >= 11 is 0. The lowest BCUT2D eigenvalue weighted by Gasteiger charge is -2.33. The molecule has 9 heteroatoms. The van der Waals surface area contributed by atoms with Crippen molar-refractivity contribution in [2.75, 3.05) is 32.7 Å². The van der Waals surface area contributed by atoms with Crippen LogP contribution in [0.1, 0.15) is 43.2 Å². The van der Waals surface area contributed by atoms with Gasteiger partial charge in [0.1, 0.15) is 0 Å². The molecule has 28 heavy (non-hydrogen) atoms. The monoisotopic (exact) mass is 432 g/mol. The molecule has 2 heterocycles. The Bertz CT molecular complexity index is 591. The van der Waals surface area contributed by atoms with Crippen molar-refractivity contribution < 1.29 is 4.79 Å². The standard InChI is InChI=1S/C19H32N6O.2ClH/c1-5-11-24(12-6-2)18(15(3)4)13-21-19(26)17-14-25(23-22-17)16-7-9-20-10-8-16;;/h5-6,14-16,18,20H,1-2,7-13H2,3-4H3,(H,21,26);2*1H. The molecular weight excluding hydrogens is 399 g/mol. The molecular formula is C19H34Cl2N6O. The van der Waals surface area contributed by atoms with Crippen LogP contribution in [0.15, 0.2) is 31.5 Å². The third-order valence-electron chi connectivity index (χ3n) is 4.86. The molecule has 7 nitrogen and oxygen atoms in total. The second-order valence-electron chi connectivity index (χ2n) is 7.12. The number of hydrogen-bond donors (Lipinski definition) is 2. The van der Waals surface area contributed by atoms with Crippen LogP contribution in [-0.4, -0.2) is 64.6 Å². The molecule has 1 unspecified atom stereocenters. The smallest absolute Gasteiger partial charge is 0.273 e. The van der Waals surface area contributed by atoms with E-state index in [1.54, 1.807) is 6.20 Å². The molecule has 0 radical (unpaired) electrons. The number of hydrogen-bond acceptors (Lipinski definition) is 5. The Hall–Kier alpha value is -1.41. The molecule has 1 fully saturated rings. The number of halogens is 2. The largest absolute Gasteiger partial charge is 0.349 e. The normalized spacial score (nSPS) is 15.4. The Balaban J connectivity index is 0.00000364. The van der Waals surface area contributed by atoms with Gasteiger partial charge in [-0.15, -0.1) is 43.1 Å². The van der Waals surface area contributed by atoms with Crippen molar-refractivity contribution in [1.82, 2.24) is 30.5 Å². The summed E-state index contributed by atoms with van der Waals surface area (Å²) in [4.78, 5) is 14.8. The summed E-state index contributed by atoms with van der Waals surface area (Å²) in [5.41, 5.74) is 0.380. The zero-order valence-corrected chi connectivity index (χ0v) is 18.5. The van der Waals surface area contributed by atoms with E-state index in [1.165, 1.54) is 0 Å². The predicted molar refractivity (Wildman–Crippen MR) is 119 cm³/mol. The van der Waals surface area contributed by atoms with E-state index in [0.29, 0.717) is 24.2 Å². The first-order valence-corrected chi connectivity index (χ1v) is 9.43. The van der Waals surface area contributed by atoms with E-state index in [2.05, 4.69) is 52.9 Å². The van der Waals surface area contributed by atoms with Crippen molar-refractivity contribution in [3.63, 3.8) is 0 Å². The molecule has 1 aromatic heterocycles. The van der Waals surface area contributed by atoms with Crippen molar-refractivity contribution in [2.45, 2.75) is 38.8 Å². The highest BCUT2D eigenvalue weighted by atomic mass is 35.5. The predicted octanol–water partition coefficient (Wildman–Crippen LogP) is 2.47. The molecule has 0 aliphatic carbocycles. The minimum absolute atomic E-state index is 0. The van der Waals surface area contributed by atoms with Gasteiger partial charge in [-0.3, -0.25) is 9.69 Å². The van der Waals surface area contributed by atoms with Crippen LogP contribution in [0.3, 0.4) is 0 Å². The zero-order valence-electron chi connectivity index (χ0n) is 16.8. The van der Waals surface area contributed by atoms with Gasteiger partial charge < -0.3 is 10.6 Å².